The van der Waals surface area contributed by atoms with Gasteiger partial charge in [-0.2, -0.15) is 0 Å². The highest BCUT2D eigenvalue weighted by Gasteiger charge is 2.20. The van der Waals surface area contributed by atoms with Crippen LogP contribution in [-0.4, -0.2) is 48.6 Å². The Kier molecular flexibility index (Phi) is 7.50. The third-order valence-electron chi connectivity index (χ3n) is 4.87. The van der Waals surface area contributed by atoms with Gasteiger partial charge in [-0.25, -0.2) is 4.99 Å². The Balaban J connectivity index is 0.00000225. The molecule has 0 amide bonds. The minimum atomic E-state index is 0. The van der Waals surface area contributed by atoms with E-state index in [1.807, 2.05) is 23.6 Å². The Hall–Kier alpha value is -1.87. The molecule has 1 N–H and O–H groups in total. The predicted octanol–water partition coefficient (Wildman–Crippen LogP) is 4.20. The average Bonchev–Trinajstić information content (AvgIpc) is 3.26. The van der Waals surface area contributed by atoms with Gasteiger partial charge in [0.05, 0.1) is 17.1 Å². The van der Waals surface area contributed by atoms with Crippen LogP contribution in [0.4, 0.5) is 5.00 Å². The van der Waals surface area contributed by atoms with E-state index in [-0.39, 0.29) is 24.0 Å². The van der Waals surface area contributed by atoms with Gasteiger partial charge in [-0.3, -0.25) is 4.98 Å². The lowest BCUT2D eigenvalue weighted by molar-refractivity contribution is 0.373. The first kappa shape index (κ1) is 20.9. The smallest absolute Gasteiger partial charge is 0.194 e. The standard InChI is InChI=1S/C21H25N5S.HI/c1-2-22-21(26-13-11-25(12-14-26)20-8-5-15-27-20)24-16-17-9-10-23-19-7-4-3-6-18(17)19;/h3-10,15H,2,11-14,16H2,1H3,(H,22,24);1H. The molecule has 0 spiro atoms. The van der Waals surface area contributed by atoms with Crippen LogP contribution in [0.1, 0.15) is 12.5 Å². The summed E-state index contributed by atoms with van der Waals surface area (Å²) in [6.45, 7) is 7.70. The molecule has 0 aliphatic carbocycles. The fraction of sp³-hybridized carbons (Fsp3) is 0.333. The number of aliphatic imine (C=N–C) groups is 1. The van der Waals surface area contributed by atoms with E-state index in [1.165, 1.54) is 16.0 Å². The van der Waals surface area contributed by atoms with Crippen LogP contribution in [0.15, 0.2) is 59.0 Å². The number of hydrogen-bond acceptors (Lipinski definition) is 4. The minimum Gasteiger partial charge on any atom is -0.360 e. The third-order valence-corrected chi connectivity index (χ3v) is 5.80. The Bertz CT molecular complexity index is 899. The molecule has 1 aliphatic rings. The normalized spacial score (nSPS) is 14.8. The van der Waals surface area contributed by atoms with Crippen molar-refractivity contribution in [1.29, 1.82) is 0 Å². The van der Waals surface area contributed by atoms with Gasteiger partial charge < -0.3 is 15.1 Å². The van der Waals surface area contributed by atoms with Gasteiger partial charge in [0, 0.05) is 44.3 Å². The second-order valence-corrected chi connectivity index (χ2v) is 7.51. The van der Waals surface area contributed by atoms with Crippen LogP contribution in [0.2, 0.25) is 0 Å². The van der Waals surface area contributed by atoms with Crippen molar-refractivity contribution in [1.82, 2.24) is 15.2 Å². The quantitative estimate of drug-likeness (QED) is 0.327. The monoisotopic (exact) mass is 507 g/mol. The lowest BCUT2D eigenvalue weighted by Crippen LogP contribution is -2.52. The largest absolute Gasteiger partial charge is 0.360 e. The number of anilines is 1. The van der Waals surface area contributed by atoms with Gasteiger partial charge in [0.1, 0.15) is 0 Å². The predicted molar refractivity (Wildman–Crippen MR) is 130 cm³/mol. The van der Waals surface area contributed by atoms with E-state index >= 15 is 0 Å². The Morgan fingerprint density at radius 1 is 1.11 bits per heavy atom. The molecule has 0 saturated carbocycles. The number of halogens is 1. The molecule has 0 bridgehead atoms. The second kappa shape index (κ2) is 10.1. The second-order valence-electron chi connectivity index (χ2n) is 6.58. The number of fused-ring (bicyclic) bond motifs is 1. The summed E-state index contributed by atoms with van der Waals surface area (Å²) in [6, 6.07) is 14.7. The fourth-order valence-electron chi connectivity index (χ4n) is 3.47. The van der Waals surface area contributed by atoms with Crippen LogP contribution < -0.4 is 10.2 Å². The summed E-state index contributed by atoms with van der Waals surface area (Å²) in [5, 5.41) is 8.15. The highest BCUT2D eigenvalue weighted by atomic mass is 127. The van der Waals surface area contributed by atoms with Crippen LogP contribution >= 0.6 is 35.3 Å². The van der Waals surface area contributed by atoms with Crippen molar-refractivity contribution in [3.8, 4) is 0 Å². The molecule has 5 nitrogen and oxygen atoms in total. The number of nitrogens with one attached hydrogen (secondary N) is 1. The van der Waals surface area contributed by atoms with E-state index in [1.54, 1.807) is 0 Å². The number of benzene rings is 1. The molecule has 1 aromatic carbocycles. The molecule has 0 unspecified atom stereocenters. The number of thiophene rings is 1. The van der Waals surface area contributed by atoms with Gasteiger partial charge in [0.2, 0.25) is 0 Å². The molecular formula is C21H26IN5S. The van der Waals surface area contributed by atoms with E-state index < -0.39 is 0 Å². The summed E-state index contributed by atoms with van der Waals surface area (Å²) in [5.41, 5.74) is 2.24. The van der Waals surface area contributed by atoms with Crippen molar-refractivity contribution in [2.75, 3.05) is 37.6 Å². The molecule has 28 heavy (non-hydrogen) atoms. The van der Waals surface area contributed by atoms with E-state index in [4.69, 9.17) is 4.99 Å². The number of aromatic nitrogens is 1. The summed E-state index contributed by atoms with van der Waals surface area (Å²) >= 11 is 1.81. The number of pyridine rings is 1. The van der Waals surface area contributed by atoms with E-state index in [0.29, 0.717) is 6.54 Å². The van der Waals surface area contributed by atoms with Gasteiger partial charge in [-0.1, -0.05) is 18.2 Å². The first-order valence-corrected chi connectivity index (χ1v) is 10.4. The van der Waals surface area contributed by atoms with E-state index in [0.717, 1.165) is 44.2 Å². The maximum atomic E-state index is 4.93. The van der Waals surface area contributed by atoms with Crippen molar-refractivity contribution < 1.29 is 0 Å². The van der Waals surface area contributed by atoms with Crippen LogP contribution in [0.5, 0.6) is 0 Å². The molecule has 3 heterocycles. The van der Waals surface area contributed by atoms with Crippen molar-refractivity contribution >= 4 is 57.2 Å². The summed E-state index contributed by atoms with van der Waals surface area (Å²) in [7, 11) is 0. The summed E-state index contributed by atoms with van der Waals surface area (Å²) in [6.07, 6.45) is 1.87. The Morgan fingerprint density at radius 2 is 1.93 bits per heavy atom. The van der Waals surface area contributed by atoms with Gasteiger partial charge in [0.15, 0.2) is 5.96 Å². The zero-order valence-electron chi connectivity index (χ0n) is 16.0. The molecule has 1 aliphatic heterocycles. The number of hydrogen-bond donors (Lipinski definition) is 1. The van der Waals surface area contributed by atoms with Crippen molar-refractivity contribution in [2.45, 2.75) is 13.5 Å². The molecule has 148 valence electrons. The zero-order valence-corrected chi connectivity index (χ0v) is 19.2. The van der Waals surface area contributed by atoms with Gasteiger partial charge in [-0.05, 0) is 42.1 Å². The molecule has 1 saturated heterocycles. The highest BCUT2D eigenvalue weighted by Crippen LogP contribution is 2.22. The van der Waals surface area contributed by atoms with Gasteiger partial charge in [-0.15, -0.1) is 35.3 Å². The number of para-hydroxylation sites is 1. The third kappa shape index (κ3) is 4.75. The topological polar surface area (TPSA) is 43.8 Å². The maximum Gasteiger partial charge on any atom is 0.194 e. The van der Waals surface area contributed by atoms with Crippen LogP contribution in [-0.2, 0) is 6.54 Å². The van der Waals surface area contributed by atoms with E-state index in [2.05, 4.69) is 68.8 Å². The molecule has 0 radical (unpaired) electrons. The lowest BCUT2D eigenvalue weighted by atomic mass is 10.1. The molecule has 4 rings (SSSR count). The zero-order chi connectivity index (χ0) is 18.5. The molecular weight excluding hydrogens is 481 g/mol. The Morgan fingerprint density at radius 3 is 2.68 bits per heavy atom. The number of guanidine groups is 1. The van der Waals surface area contributed by atoms with Gasteiger partial charge >= 0.3 is 0 Å². The summed E-state index contributed by atoms with van der Waals surface area (Å²) < 4.78 is 0. The SMILES string of the molecule is CCNC(=NCc1ccnc2ccccc12)N1CCN(c2cccs2)CC1.I. The fourth-order valence-corrected chi connectivity index (χ4v) is 4.25. The summed E-state index contributed by atoms with van der Waals surface area (Å²) in [5.74, 6) is 1.00. The van der Waals surface area contributed by atoms with Crippen molar-refractivity contribution in [2.24, 2.45) is 4.99 Å². The lowest BCUT2D eigenvalue weighted by Gasteiger charge is -2.37. The number of rotatable bonds is 4. The molecule has 2 aromatic heterocycles. The summed E-state index contributed by atoms with van der Waals surface area (Å²) in [4.78, 5) is 14.2. The first-order valence-electron chi connectivity index (χ1n) is 9.49. The van der Waals surface area contributed by atoms with Crippen molar-refractivity contribution in [3.05, 3.63) is 59.6 Å². The molecule has 1 fully saturated rings. The van der Waals surface area contributed by atoms with Gasteiger partial charge in [0.25, 0.3) is 0 Å². The van der Waals surface area contributed by atoms with Crippen LogP contribution in [0.25, 0.3) is 10.9 Å². The van der Waals surface area contributed by atoms with Crippen molar-refractivity contribution in [3.63, 3.8) is 0 Å². The molecule has 0 atom stereocenters. The van der Waals surface area contributed by atoms with Crippen LogP contribution in [0.3, 0.4) is 0 Å². The number of nitrogens with zero attached hydrogens (tertiary/aromatic N) is 4. The minimum absolute atomic E-state index is 0. The Labute approximate surface area is 187 Å². The first-order chi connectivity index (χ1) is 13.3. The van der Waals surface area contributed by atoms with Crippen LogP contribution in [0, 0.1) is 0 Å². The molecule has 3 aromatic rings. The van der Waals surface area contributed by atoms with E-state index in [9.17, 15) is 0 Å². The number of piperazine rings is 1. The molecule has 7 heteroatoms. The maximum absolute atomic E-state index is 4.93. The highest BCUT2D eigenvalue weighted by molar-refractivity contribution is 14.0. The average molecular weight is 507 g/mol.